The van der Waals surface area contributed by atoms with Crippen molar-refractivity contribution in [2.75, 3.05) is 34.4 Å². The number of rotatable bonds is 9. The van der Waals surface area contributed by atoms with Gasteiger partial charge < -0.3 is 30.2 Å². The smallest absolute Gasteiger partial charge is 0.243 e. The molecule has 2 atom stereocenters. The summed E-state index contributed by atoms with van der Waals surface area (Å²) in [4.78, 5) is 39.9. The molecule has 2 fully saturated rings. The average molecular weight is 476 g/mol. The molecule has 0 radical (unpaired) electrons. The maximum Gasteiger partial charge on any atom is 0.243 e. The highest BCUT2D eigenvalue weighted by Gasteiger charge is 2.40. The first-order valence-corrected chi connectivity index (χ1v) is 12.1. The lowest BCUT2D eigenvalue weighted by molar-refractivity contribution is -0.144. The van der Waals surface area contributed by atoms with Crippen LogP contribution in [0.3, 0.4) is 0 Å². The van der Waals surface area contributed by atoms with Crippen LogP contribution >= 0.6 is 0 Å². The number of methoxy groups -OCH3 is 3. The van der Waals surface area contributed by atoms with Gasteiger partial charge in [-0.05, 0) is 55.7 Å². The highest BCUT2D eigenvalue weighted by atomic mass is 16.5. The van der Waals surface area contributed by atoms with Crippen molar-refractivity contribution in [3.05, 3.63) is 17.7 Å². The van der Waals surface area contributed by atoms with Gasteiger partial charge in [-0.1, -0.05) is 19.3 Å². The van der Waals surface area contributed by atoms with Crippen LogP contribution in [0.25, 0.3) is 0 Å². The van der Waals surface area contributed by atoms with E-state index in [1.165, 1.54) is 0 Å². The number of ether oxygens (including phenoxy) is 3. The van der Waals surface area contributed by atoms with E-state index in [4.69, 9.17) is 19.9 Å². The maximum atomic E-state index is 14.1. The molecule has 0 aromatic heterocycles. The van der Waals surface area contributed by atoms with Crippen LogP contribution in [0.1, 0.15) is 62.8 Å². The van der Waals surface area contributed by atoms with Crippen molar-refractivity contribution >= 4 is 17.7 Å². The summed E-state index contributed by atoms with van der Waals surface area (Å²) in [6.07, 6.45) is 7.42. The van der Waals surface area contributed by atoms with Gasteiger partial charge in [0.1, 0.15) is 6.04 Å². The zero-order valence-corrected chi connectivity index (χ0v) is 20.4. The van der Waals surface area contributed by atoms with Gasteiger partial charge in [-0.15, -0.1) is 0 Å². The molecule has 1 aliphatic heterocycles. The average Bonchev–Trinajstić information content (AvgIpc) is 2.87. The Hall–Kier alpha value is -2.97. The molecule has 1 aromatic carbocycles. The van der Waals surface area contributed by atoms with Gasteiger partial charge in [-0.2, -0.15) is 0 Å². The quantitative estimate of drug-likeness (QED) is 0.566. The largest absolute Gasteiger partial charge is 0.493 e. The van der Waals surface area contributed by atoms with Crippen LogP contribution in [0, 0.1) is 5.92 Å². The Labute approximate surface area is 201 Å². The van der Waals surface area contributed by atoms with Crippen molar-refractivity contribution in [3.8, 4) is 17.2 Å². The van der Waals surface area contributed by atoms with E-state index < -0.39 is 17.9 Å². The third-order valence-corrected chi connectivity index (χ3v) is 6.96. The summed E-state index contributed by atoms with van der Waals surface area (Å²) >= 11 is 0. The monoisotopic (exact) mass is 475 g/mol. The minimum absolute atomic E-state index is 0.0694. The lowest BCUT2D eigenvalue weighted by atomic mass is 9.75. The van der Waals surface area contributed by atoms with Crippen LogP contribution < -0.4 is 25.3 Å². The zero-order valence-electron chi connectivity index (χ0n) is 20.4. The Morgan fingerprint density at radius 3 is 2.15 bits per heavy atom. The predicted octanol–water partition coefficient (Wildman–Crippen LogP) is 2.36. The SMILES string of the molecule is COc1cc([C@@H](C(=O)N2CCCC[C@H]2C(=O)NCC(N)=O)C2CCCCC2)cc(OC)c1OC. The Kier molecular flexibility index (Phi) is 9.01. The van der Waals surface area contributed by atoms with Gasteiger partial charge in [0, 0.05) is 6.54 Å². The predicted molar refractivity (Wildman–Crippen MR) is 127 cm³/mol. The summed E-state index contributed by atoms with van der Waals surface area (Å²) in [6.45, 7) is 0.261. The van der Waals surface area contributed by atoms with E-state index in [2.05, 4.69) is 5.32 Å². The molecule has 1 saturated carbocycles. The zero-order chi connectivity index (χ0) is 24.7. The normalized spacial score (nSPS) is 19.7. The molecule has 3 rings (SSSR count). The van der Waals surface area contributed by atoms with E-state index in [0.29, 0.717) is 30.2 Å². The third-order valence-electron chi connectivity index (χ3n) is 6.96. The number of nitrogens with two attached hydrogens (primary N) is 1. The summed E-state index contributed by atoms with van der Waals surface area (Å²) in [5.74, 6) is 0.183. The van der Waals surface area contributed by atoms with Crippen molar-refractivity contribution in [1.29, 1.82) is 0 Å². The first kappa shape index (κ1) is 25.6. The molecule has 1 aliphatic carbocycles. The van der Waals surface area contributed by atoms with Crippen molar-refractivity contribution < 1.29 is 28.6 Å². The second-order valence-electron chi connectivity index (χ2n) is 9.06. The topological polar surface area (TPSA) is 120 Å². The van der Waals surface area contributed by atoms with Gasteiger partial charge in [0.05, 0.1) is 33.8 Å². The summed E-state index contributed by atoms with van der Waals surface area (Å²) in [6, 6.07) is 3.09. The number of nitrogens with one attached hydrogen (secondary N) is 1. The molecule has 9 heteroatoms. The fourth-order valence-corrected chi connectivity index (χ4v) is 5.30. The molecule has 3 N–H and O–H groups in total. The lowest BCUT2D eigenvalue weighted by Crippen LogP contribution is -2.54. The first-order valence-electron chi connectivity index (χ1n) is 12.1. The molecular formula is C25H37N3O6. The highest BCUT2D eigenvalue weighted by molar-refractivity contribution is 5.92. The standard InChI is InChI=1S/C25H37N3O6/c1-32-19-13-17(14-20(33-2)23(19)34-3)22(16-9-5-4-6-10-16)25(31)28-12-8-7-11-18(28)24(30)27-15-21(26)29/h13-14,16,18,22H,4-12,15H2,1-3H3,(H2,26,29)(H,27,30)/t18-,22-/m0/s1. The van der Waals surface area contributed by atoms with E-state index in [9.17, 15) is 14.4 Å². The number of hydrogen-bond acceptors (Lipinski definition) is 6. The second kappa shape index (κ2) is 11.9. The van der Waals surface area contributed by atoms with Gasteiger partial charge in [0.2, 0.25) is 23.5 Å². The van der Waals surface area contributed by atoms with Gasteiger partial charge in [0.25, 0.3) is 0 Å². The van der Waals surface area contributed by atoms with Crippen LogP contribution in [0.5, 0.6) is 17.2 Å². The molecule has 1 aromatic rings. The van der Waals surface area contributed by atoms with Gasteiger partial charge in [0.15, 0.2) is 11.5 Å². The Bertz CT molecular complexity index is 858. The number of carbonyl (C=O) groups is 3. The second-order valence-corrected chi connectivity index (χ2v) is 9.06. The minimum atomic E-state index is -0.617. The number of primary amides is 1. The molecule has 3 amide bonds. The van der Waals surface area contributed by atoms with Crippen molar-refractivity contribution in [3.63, 3.8) is 0 Å². The Morgan fingerprint density at radius 2 is 1.59 bits per heavy atom. The first-order chi connectivity index (χ1) is 16.4. The molecule has 0 spiro atoms. The molecule has 0 unspecified atom stereocenters. The Balaban J connectivity index is 1.99. The summed E-state index contributed by atoms with van der Waals surface area (Å²) in [5.41, 5.74) is 6.00. The van der Waals surface area contributed by atoms with E-state index in [0.717, 1.165) is 50.5 Å². The number of hydrogen-bond donors (Lipinski definition) is 2. The number of piperidine rings is 1. The van der Waals surface area contributed by atoms with Crippen LogP contribution in [0.2, 0.25) is 0 Å². The third kappa shape index (κ3) is 5.74. The molecule has 1 saturated heterocycles. The van der Waals surface area contributed by atoms with Gasteiger partial charge >= 0.3 is 0 Å². The van der Waals surface area contributed by atoms with Crippen LogP contribution in [-0.2, 0) is 14.4 Å². The van der Waals surface area contributed by atoms with Crippen LogP contribution in [0.4, 0.5) is 0 Å². The number of carbonyl (C=O) groups excluding carboxylic acids is 3. The summed E-state index contributed by atoms with van der Waals surface area (Å²) in [5, 5.41) is 2.58. The van der Waals surface area contributed by atoms with Gasteiger partial charge in [-0.3, -0.25) is 14.4 Å². The molecular weight excluding hydrogens is 438 g/mol. The van der Waals surface area contributed by atoms with E-state index in [-0.39, 0.29) is 24.3 Å². The van der Waals surface area contributed by atoms with E-state index in [1.807, 2.05) is 12.1 Å². The number of benzene rings is 1. The van der Waals surface area contributed by atoms with Crippen LogP contribution in [-0.4, -0.2) is 63.1 Å². The number of nitrogens with zero attached hydrogens (tertiary/aromatic N) is 1. The Morgan fingerprint density at radius 1 is 0.971 bits per heavy atom. The maximum absolute atomic E-state index is 14.1. The minimum Gasteiger partial charge on any atom is -0.493 e. The van der Waals surface area contributed by atoms with Crippen LogP contribution in [0.15, 0.2) is 12.1 Å². The molecule has 0 bridgehead atoms. The summed E-state index contributed by atoms with van der Waals surface area (Å²) in [7, 11) is 4.66. The highest BCUT2D eigenvalue weighted by Crippen LogP contribution is 2.45. The molecule has 34 heavy (non-hydrogen) atoms. The van der Waals surface area contributed by atoms with Crippen molar-refractivity contribution in [2.45, 2.75) is 63.3 Å². The lowest BCUT2D eigenvalue weighted by Gasteiger charge is -2.39. The fraction of sp³-hybridized carbons (Fsp3) is 0.640. The van der Waals surface area contributed by atoms with E-state index >= 15 is 0 Å². The van der Waals surface area contributed by atoms with Gasteiger partial charge in [-0.25, -0.2) is 0 Å². The number of amides is 3. The van der Waals surface area contributed by atoms with Crippen molar-refractivity contribution in [1.82, 2.24) is 10.2 Å². The molecule has 188 valence electrons. The molecule has 1 heterocycles. The van der Waals surface area contributed by atoms with Crippen molar-refractivity contribution in [2.24, 2.45) is 11.7 Å². The fourth-order valence-electron chi connectivity index (χ4n) is 5.30. The molecule has 9 nitrogen and oxygen atoms in total. The number of likely N-dealkylation sites (tertiary alicyclic amines) is 1. The van der Waals surface area contributed by atoms with E-state index in [1.54, 1.807) is 26.2 Å². The summed E-state index contributed by atoms with van der Waals surface area (Å²) < 4.78 is 16.6. The molecule has 2 aliphatic rings.